The number of unbranched alkanes of at least 4 members (excludes halogenated alkanes) is 1. The molecule has 0 atom stereocenters. The molecule has 148 valence electrons. The highest BCUT2D eigenvalue weighted by Crippen LogP contribution is 2.16. The van der Waals surface area contributed by atoms with Crippen LogP contribution in [0.4, 0.5) is 5.69 Å². The Morgan fingerprint density at radius 2 is 1.75 bits per heavy atom. The summed E-state index contributed by atoms with van der Waals surface area (Å²) in [5.41, 5.74) is 4.90. The van der Waals surface area contributed by atoms with Crippen LogP contribution in [0, 0.1) is 0 Å². The molecule has 1 aromatic heterocycles. The number of hydrogen-bond donors (Lipinski definition) is 1. The van der Waals surface area contributed by atoms with Crippen LogP contribution >= 0.6 is 22.5 Å². The maximum Gasteiger partial charge on any atom is 0.173 e. The Kier molecular flexibility index (Phi) is 10.0. The first-order valence-electron chi connectivity index (χ1n) is 9.72. The third-order valence-electron chi connectivity index (χ3n) is 4.56. The summed E-state index contributed by atoms with van der Waals surface area (Å²) in [5.74, 6) is 1.01. The molecule has 0 aliphatic heterocycles. The van der Waals surface area contributed by atoms with Crippen LogP contribution in [0.3, 0.4) is 0 Å². The molecule has 2 rings (SSSR count). The molecular formula is C24H31N2S2+. The van der Waals surface area contributed by atoms with Crippen LogP contribution < -0.4 is 9.47 Å². The van der Waals surface area contributed by atoms with E-state index in [9.17, 15) is 0 Å². The van der Waals surface area contributed by atoms with Crippen molar-refractivity contribution in [2.24, 2.45) is 0 Å². The van der Waals surface area contributed by atoms with E-state index in [-0.39, 0.29) is 0 Å². The van der Waals surface area contributed by atoms with Gasteiger partial charge in [-0.05, 0) is 29.7 Å². The molecule has 1 aromatic carbocycles. The first kappa shape index (κ1) is 22.4. The molecule has 0 N–H and O–H groups in total. The standard InChI is InChI=1S/C24H30N2S2/c1-4-6-7-21(5-2)20-26-16-14-23(15-17-26)9-8-22-10-12-24(13-11-22)25(3)18-19-28-27/h5,7-17H,2,4,6,18-20H2,1,3H3/p+1/b21-7+. The number of aromatic nitrogens is 1. The first-order valence-corrected chi connectivity index (χ1v) is 11.8. The lowest BCUT2D eigenvalue weighted by atomic mass is 10.1. The van der Waals surface area contributed by atoms with E-state index in [0.717, 1.165) is 31.7 Å². The Hall–Kier alpha value is -1.91. The number of anilines is 1. The van der Waals surface area contributed by atoms with Crippen molar-refractivity contribution >= 4 is 40.3 Å². The van der Waals surface area contributed by atoms with E-state index in [1.54, 1.807) is 10.8 Å². The van der Waals surface area contributed by atoms with Crippen molar-refractivity contribution in [1.29, 1.82) is 0 Å². The number of benzene rings is 1. The summed E-state index contributed by atoms with van der Waals surface area (Å²) >= 11 is 4.20. The SMILES string of the molecule is C=C/C(=C\CCC)C[n+]1ccc(/C=C/c2ccc(N(C)CCSS)cc2)cc1. The number of thiol groups is 1. The molecule has 0 saturated heterocycles. The van der Waals surface area contributed by atoms with Crippen molar-refractivity contribution in [2.75, 3.05) is 24.2 Å². The molecule has 0 radical (unpaired) electrons. The Balaban J connectivity index is 1.96. The van der Waals surface area contributed by atoms with Crippen LogP contribution in [-0.4, -0.2) is 19.3 Å². The predicted molar refractivity (Wildman–Crippen MR) is 130 cm³/mol. The van der Waals surface area contributed by atoms with E-state index >= 15 is 0 Å². The highest BCUT2D eigenvalue weighted by atomic mass is 33.1. The zero-order chi connectivity index (χ0) is 20.2. The summed E-state index contributed by atoms with van der Waals surface area (Å²) < 4.78 is 2.19. The monoisotopic (exact) mass is 411 g/mol. The van der Waals surface area contributed by atoms with Crippen LogP contribution in [0.2, 0.25) is 0 Å². The van der Waals surface area contributed by atoms with E-state index in [0.29, 0.717) is 0 Å². The molecule has 0 amide bonds. The summed E-state index contributed by atoms with van der Waals surface area (Å²) in [6, 6.07) is 13.0. The van der Waals surface area contributed by atoms with E-state index in [1.807, 2.05) is 6.08 Å². The molecule has 0 spiro atoms. The topological polar surface area (TPSA) is 7.12 Å². The molecule has 1 heterocycles. The molecule has 0 saturated carbocycles. The number of pyridine rings is 1. The second-order valence-electron chi connectivity index (χ2n) is 6.76. The average molecular weight is 412 g/mol. The zero-order valence-electron chi connectivity index (χ0n) is 16.9. The Labute approximate surface area is 179 Å². The third-order valence-corrected chi connectivity index (χ3v) is 5.47. The van der Waals surface area contributed by atoms with Crippen LogP contribution in [0.5, 0.6) is 0 Å². The third kappa shape index (κ3) is 7.61. The van der Waals surface area contributed by atoms with Gasteiger partial charge in [0.1, 0.15) is 0 Å². The summed E-state index contributed by atoms with van der Waals surface area (Å²) in [6.45, 7) is 7.98. The van der Waals surface area contributed by atoms with E-state index < -0.39 is 0 Å². The maximum absolute atomic E-state index is 4.20. The highest BCUT2D eigenvalue weighted by Gasteiger charge is 2.03. The van der Waals surface area contributed by atoms with Gasteiger partial charge in [-0.15, -0.1) is 11.7 Å². The first-order chi connectivity index (χ1) is 13.7. The Bertz CT molecular complexity index is 777. The molecule has 28 heavy (non-hydrogen) atoms. The van der Waals surface area contributed by atoms with Crippen molar-refractivity contribution in [2.45, 2.75) is 26.3 Å². The van der Waals surface area contributed by atoms with Crippen molar-refractivity contribution < 1.29 is 4.57 Å². The van der Waals surface area contributed by atoms with Gasteiger partial charge in [0, 0.05) is 42.7 Å². The number of rotatable bonds is 11. The quantitative estimate of drug-likeness (QED) is 0.208. The predicted octanol–water partition coefficient (Wildman–Crippen LogP) is 6.07. The molecule has 4 heteroatoms. The van der Waals surface area contributed by atoms with Gasteiger partial charge in [0.2, 0.25) is 0 Å². The van der Waals surface area contributed by atoms with Crippen LogP contribution in [0.25, 0.3) is 12.2 Å². The molecule has 0 aliphatic rings. The van der Waals surface area contributed by atoms with Gasteiger partial charge < -0.3 is 4.90 Å². The van der Waals surface area contributed by atoms with Gasteiger partial charge in [0.25, 0.3) is 0 Å². The van der Waals surface area contributed by atoms with Crippen molar-refractivity contribution in [3.05, 3.63) is 84.2 Å². The smallest absolute Gasteiger partial charge is 0.173 e. The van der Waals surface area contributed by atoms with Crippen LogP contribution in [0.1, 0.15) is 30.9 Å². The molecule has 0 bridgehead atoms. The van der Waals surface area contributed by atoms with Gasteiger partial charge >= 0.3 is 0 Å². The van der Waals surface area contributed by atoms with Gasteiger partial charge in [-0.3, -0.25) is 0 Å². The summed E-state index contributed by atoms with van der Waals surface area (Å²) in [4.78, 5) is 2.25. The molecule has 0 unspecified atom stereocenters. The maximum atomic E-state index is 4.20. The molecule has 0 fully saturated rings. The normalized spacial score (nSPS) is 11.8. The van der Waals surface area contributed by atoms with Gasteiger partial charge in [-0.2, -0.15) is 0 Å². The number of allylic oxidation sites excluding steroid dienone is 3. The number of hydrogen-bond acceptors (Lipinski definition) is 3. The fraction of sp³-hybridized carbons (Fsp3) is 0.292. The minimum Gasteiger partial charge on any atom is -0.374 e. The molecular weight excluding hydrogens is 380 g/mol. The average Bonchev–Trinajstić information content (AvgIpc) is 2.74. The van der Waals surface area contributed by atoms with Crippen molar-refractivity contribution in [1.82, 2.24) is 0 Å². The minimum absolute atomic E-state index is 0.869. The lowest BCUT2D eigenvalue weighted by Crippen LogP contribution is -2.33. The lowest BCUT2D eigenvalue weighted by molar-refractivity contribution is -0.688. The van der Waals surface area contributed by atoms with Gasteiger partial charge in [-0.25, -0.2) is 4.57 Å². The second kappa shape index (κ2) is 12.5. The Morgan fingerprint density at radius 1 is 1.11 bits per heavy atom. The molecule has 0 aliphatic carbocycles. The van der Waals surface area contributed by atoms with E-state index in [4.69, 9.17) is 0 Å². The molecule has 2 aromatic rings. The van der Waals surface area contributed by atoms with Gasteiger partial charge in [0.15, 0.2) is 18.9 Å². The fourth-order valence-electron chi connectivity index (χ4n) is 2.78. The zero-order valence-corrected chi connectivity index (χ0v) is 18.6. The van der Waals surface area contributed by atoms with Crippen LogP contribution in [0.15, 0.2) is 73.1 Å². The van der Waals surface area contributed by atoms with E-state index in [2.05, 4.69) is 109 Å². The fourth-order valence-corrected chi connectivity index (χ4v) is 3.38. The van der Waals surface area contributed by atoms with Crippen molar-refractivity contribution in [3.8, 4) is 0 Å². The summed E-state index contributed by atoms with van der Waals surface area (Å²) in [7, 11) is 3.69. The largest absolute Gasteiger partial charge is 0.374 e. The summed E-state index contributed by atoms with van der Waals surface area (Å²) in [5, 5.41) is 0. The van der Waals surface area contributed by atoms with Crippen molar-refractivity contribution in [3.63, 3.8) is 0 Å². The van der Waals surface area contributed by atoms with Gasteiger partial charge in [0.05, 0.1) is 0 Å². The Morgan fingerprint density at radius 3 is 2.32 bits per heavy atom. The second-order valence-corrected chi connectivity index (χ2v) is 8.20. The highest BCUT2D eigenvalue weighted by molar-refractivity contribution is 8.68. The van der Waals surface area contributed by atoms with Crippen LogP contribution in [-0.2, 0) is 6.54 Å². The molecule has 2 nitrogen and oxygen atoms in total. The lowest BCUT2D eigenvalue weighted by Gasteiger charge is -2.18. The number of nitrogens with zero attached hydrogens (tertiary/aromatic N) is 2. The van der Waals surface area contributed by atoms with E-state index in [1.165, 1.54) is 22.4 Å². The summed E-state index contributed by atoms with van der Waals surface area (Å²) in [6.07, 6.45) is 15.1. The minimum atomic E-state index is 0.869. The van der Waals surface area contributed by atoms with Gasteiger partial charge in [-0.1, -0.05) is 67.2 Å².